The van der Waals surface area contributed by atoms with E-state index in [0.717, 1.165) is 0 Å². The molecule has 1 aliphatic heterocycles. The number of amides is 1. The molecule has 0 aromatic heterocycles. The van der Waals surface area contributed by atoms with Crippen LogP contribution >= 0.6 is 0 Å². The first-order chi connectivity index (χ1) is 13.9. The molecule has 0 bridgehead atoms. The van der Waals surface area contributed by atoms with Gasteiger partial charge in [-0.1, -0.05) is 67.6 Å². The normalized spacial score (nSPS) is 16.7. The zero-order chi connectivity index (χ0) is 20.9. The molecule has 1 atom stereocenters. The minimum atomic E-state index is -3.38. The van der Waals surface area contributed by atoms with Crippen LogP contribution in [0.5, 0.6) is 0 Å². The Bertz CT molecular complexity index is 853. The van der Waals surface area contributed by atoms with Crippen LogP contribution in [-0.4, -0.2) is 61.3 Å². The third-order valence-corrected chi connectivity index (χ3v) is 7.85. The number of benzene rings is 2. The molecular formula is C23H30N2O3S. The number of hydrogen-bond acceptors (Lipinski definition) is 4. The smallest absolute Gasteiger partial charge is 0.240 e. The van der Waals surface area contributed by atoms with E-state index in [2.05, 4.69) is 29.2 Å². The van der Waals surface area contributed by atoms with E-state index in [1.54, 1.807) is 4.90 Å². The number of carbonyl (C=O) groups is 1. The van der Waals surface area contributed by atoms with Gasteiger partial charge < -0.3 is 4.90 Å². The van der Waals surface area contributed by atoms with Crippen LogP contribution < -0.4 is 0 Å². The summed E-state index contributed by atoms with van der Waals surface area (Å²) >= 11 is 0. The number of sulfone groups is 1. The molecule has 1 saturated heterocycles. The largest absolute Gasteiger partial charge is 0.339 e. The predicted octanol–water partition coefficient (Wildman–Crippen LogP) is 3.13. The van der Waals surface area contributed by atoms with Crippen LogP contribution in [0.2, 0.25) is 0 Å². The molecule has 0 aliphatic carbocycles. The lowest BCUT2D eigenvalue weighted by Gasteiger charge is -2.40. The Morgan fingerprint density at radius 1 is 0.897 bits per heavy atom. The van der Waals surface area contributed by atoms with Crippen LogP contribution in [0.1, 0.15) is 37.4 Å². The van der Waals surface area contributed by atoms with Gasteiger partial charge >= 0.3 is 0 Å². The van der Waals surface area contributed by atoms with Gasteiger partial charge in [0.15, 0.2) is 9.84 Å². The summed E-state index contributed by atoms with van der Waals surface area (Å²) in [6, 6.07) is 20.9. The molecule has 1 amide bonds. The third-order valence-electron chi connectivity index (χ3n) is 5.60. The van der Waals surface area contributed by atoms with Crippen molar-refractivity contribution in [2.24, 2.45) is 0 Å². The van der Waals surface area contributed by atoms with Gasteiger partial charge in [-0.3, -0.25) is 9.69 Å². The van der Waals surface area contributed by atoms with Crippen molar-refractivity contribution in [3.63, 3.8) is 0 Å². The van der Waals surface area contributed by atoms with Gasteiger partial charge in [-0.2, -0.15) is 0 Å². The fourth-order valence-electron chi connectivity index (χ4n) is 3.96. The van der Waals surface area contributed by atoms with Crippen LogP contribution in [0.3, 0.4) is 0 Å². The van der Waals surface area contributed by atoms with Crippen molar-refractivity contribution in [3.05, 3.63) is 71.8 Å². The van der Waals surface area contributed by atoms with E-state index in [9.17, 15) is 13.2 Å². The molecule has 3 rings (SSSR count). The van der Waals surface area contributed by atoms with Gasteiger partial charge in [0.25, 0.3) is 0 Å². The first-order valence-corrected chi connectivity index (χ1v) is 12.0. The van der Waals surface area contributed by atoms with E-state index >= 15 is 0 Å². The Labute approximate surface area is 174 Å². The number of hydrogen-bond donors (Lipinski definition) is 0. The minimum Gasteiger partial charge on any atom is -0.339 e. The lowest BCUT2D eigenvalue weighted by Crippen LogP contribution is -2.53. The van der Waals surface area contributed by atoms with Crippen molar-refractivity contribution in [2.45, 2.75) is 31.6 Å². The highest BCUT2D eigenvalue weighted by molar-refractivity contribution is 7.92. The summed E-state index contributed by atoms with van der Waals surface area (Å²) in [6.07, 6.45) is 0.531. The van der Waals surface area contributed by atoms with Gasteiger partial charge in [0.05, 0.1) is 11.8 Å². The summed E-state index contributed by atoms with van der Waals surface area (Å²) < 4.78 is 24.6. The summed E-state index contributed by atoms with van der Waals surface area (Å²) in [5.41, 5.74) is 2.44. The molecule has 0 radical (unpaired) electrons. The highest BCUT2D eigenvalue weighted by Gasteiger charge is 2.34. The van der Waals surface area contributed by atoms with E-state index < -0.39 is 15.1 Å². The van der Waals surface area contributed by atoms with E-state index in [-0.39, 0.29) is 17.7 Å². The average Bonchev–Trinajstić information content (AvgIpc) is 2.75. The van der Waals surface area contributed by atoms with Gasteiger partial charge in [-0.05, 0) is 24.5 Å². The van der Waals surface area contributed by atoms with E-state index in [1.807, 2.05) is 43.3 Å². The Kier molecular flexibility index (Phi) is 7.09. The summed E-state index contributed by atoms with van der Waals surface area (Å²) in [5.74, 6) is -0.210. The van der Waals surface area contributed by atoms with Gasteiger partial charge in [0.1, 0.15) is 5.25 Å². The van der Waals surface area contributed by atoms with Crippen molar-refractivity contribution < 1.29 is 13.2 Å². The van der Waals surface area contributed by atoms with Crippen LogP contribution in [0.25, 0.3) is 0 Å². The number of carbonyl (C=O) groups excluding carboxylic acids is 1. The zero-order valence-electron chi connectivity index (χ0n) is 17.2. The van der Waals surface area contributed by atoms with Crippen LogP contribution in [0.4, 0.5) is 0 Å². The molecule has 5 nitrogen and oxygen atoms in total. The molecule has 0 N–H and O–H groups in total. The standard InChI is InChI=1S/C23H30N2O3S/c1-3-18-29(27,28)19(2)23(26)25-16-14-24(15-17-25)22(20-10-6-4-7-11-20)21-12-8-5-9-13-21/h4-13,19,22H,3,14-18H2,1-2H3. The summed E-state index contributed by atoms with van der Waals surface area (Å²) in [5, 5.41) is -0.965. The van der Waals surface area contributed by atoms with E-state index in [0.29, 0.717) is 32.6 Å². The maximum absolute atomic E-state index is 12.8. The quantitative estimate of drug-likeness (QED) is 0.698. The second-order valence-corrected chi connectivity index (χ2v) is 10.0. The molecule has 1 unspecified atom stereocenters. The molecule has 1 aliphatic rings. The van der Waals surface area contributed by atoms with Gasteiger partial charge in [0.2, 0.25) is 5.91 Å². The molecule has 156 valence electrons. The maximum atomic E-state index is 12.8. The molecule has 0 saturated carbocycles. The van der Waals surface area contributed by atoms with Crippen LogP contribution in [0, 0.1) is 0 Å². The lowest BCUT2D eigenvalue weighted by atomic mass is 9.96. The van der Waals surface area contributed by atoms with Gasteiger partial charge in [-0.15, -0.1) is 0 Å². The molecule has 6 heteroatoms. The zero-order valence-corrected chi connectivity index (χ0v) is 18.0. The summed E-state index contributed by atoms with van der Waals surface area (Å²) in [6.45, 7) is 5.85. The Morgan fingerprint density at radius 2 is 1.38 bits per heavy atom. The molecular weight excluding hydrogens is 384 g/mol. The minimum absolute atomic E-state index is 0.0595. The van der Waals surface area contributed by atoms with Gasteiger partial charge in [-0.25, -0.2) is 8.42 Å². The highest BCUT2D eigenvalue weighted by atomic mass is 32.2. The first-order valence-electron chi connectivity index (χ1n) is 10.3. The lowest BCUT2D eigenvalue weighted by molar-refractivity contribution is -0.132. The SMILES string of the molecule is CCCS(=O)(=O)C(C)C(=O)N1CCN(C(c2ccccc2)c2ccccc2)CC1. The molecule has 1 heterocycles. The van der Waals surface area contributed by atoms with Gasteiger partial charge in [0, 0.05) is 26.2 Å². The van der Waals surface area contributed by atoms with Crippen molar-refractivity contribution in [1.29, 1.82) is 0 Å². The number of piperazine rings is 1. The van der Waals surface area contributed by atoms with Crippen LogP contribution in [0.15, 0.2) is 60.7 Å². The predicted molar refractivity (Wildman–Crippen MR) is 116 cm³/mol. The Morgan fingerprint density at radius 3 is 1.83 bits per heavy atom. The fraction of sp³-hybridized carbons (Fsp3) is 0.435. The highest BCUT2D eigenvalue weighted by Crippen LogP contribution is 2.29. The van der Waals surface area contributed by atoms with Crippen molar-refractivity contribution >= 4 is 15.7 Å². The molecule has 2 aromatic carbocycles. The summed E-state index contributed by atoms with van der Waals surface area (Å²) in [7, 11) is -3.38. The second kappa shape index (κ2) is 9.55. The average molecular weight is 415 g/mol. The molecule has 29 heavy (non-hydrogen) atoms. The molecule has 1 fully saturated rings. The Hall–Kier alpha value is -2.18. The fourth-order valence-corrected chi connectivity index (χ4v) is 5.34. The first kappa shape index (κ1) is 21.5. The van der Waals surface area contributed by atoms with Crippen LogP contribution in [-0.2, 0) is 14.6 Å². The van der Waals surface area contributed by atoms with Crippen molar-refractivity contribution in [1.82, 2.24) is 9.80 Å². The second-order valence-electron chi connectivity index (χ2n) is 7.59. The summed E-state index contributed by atoms with van der Waals surface area (Å²) in [4.78, 5) is 16.8. The van der Waals surface area contributed by atoms with Crippen molar-refractivity contribution in [2.75, 3.05) is 31.9 Å². The van der Waals surface area contributed by atoms with Crippen molar-refractivity contribution in [3.8, 4) is 0 Å². The third kappa shape index (κ3) is 5.06. The molecule has 0 spiro atoms. The Balaban J connectivity index is 1.73. The van der Waals surface area contributed by atoms with E-state index in [1.165, 1.54) is 18.1 Å². The number of nitrogens with zero attached hydrogens (tertiary/aromatic N) is 2. The molecule has 2 aromatic rings. The maximum Gasteiger partial charge on any atom is 0.240 e. The monoisotopic (exact) mass is 414 g/mol. The topological polar surface area (TPSA) is 57.7 Å². The number of rotatable bonds is 7. The van der Waals surface area contributed by atoms with E-state index in [4.69, 9.17) is 0 Å².